The molecule has 16 heavy (non-hydrogen) atoms. The summed E-state index contributed by atoms with van der Waals surface area (Å²) in [6.07, 6.45) is 2.29. The molecule has 0 aliphatic rings. The highest BCUT2D eigenvalue weighted by molar-refractivity contribution is 5.26. The molecule has 1 rings (SSSR count). The summed E-state index contributed by atoms with van der Waals surface area (Å²) in [6.45, 7) is 8.92. The number of hydrogen-bond donors (Lipinski definition) is 1. The molecular formula is C15H25N. The van der Waals surface area contributed by atoms with E-state index >= 15 is 0 Å². The van der Waals surface area contributed by atoms with Crippen LogP contribution in [0.3, 0.4) is 0 Å². The summed E-state index contributed by atoms with van der Waals surface area (Å²) in [6, 6.07) is 8.97. The zero-order chi connectivity index (χ0) is 12.1. The summed E-state index contributed by atoms with van der Waals surface area (Å²) >= 11 is 0. The van der Waals surface area contributed by atoms with Crippen LogP contribution < -0.4 is 5.73 Å². The molecule has 0 aromatic heterocycles. The van der Waals surface area contributed by atoms with Gasteiger partial charge in [0.2, 0.25) is 0 Å². The van der Waals surface area contributed by atoms with Gasteiger partial charge in [-0.05, 0) is 29.4 Å². The van der Waals surface area contributed by atoms with E-state index in [1.165, 1.54) is 17.5 Å². The minimum Gasteiger partial charge on any atom is -0.324 e. The van der Waals surface area contributed by atoms with E-state index in [4.69, 9.17) is 5.73 Å². The average molecular weight is 219 g/mol. The maximum atomic E-state index is 6.20. The van der Waals surface area contributed by atoms with Crippen molar-refractivity contribution in [1.82, 2.24) is 0 Å². The largest absolute Gasteiger partial charge is 0.324 e. The van der Waals surface area contributed by atoms with Gasteiger partial charge in [-0.1, -0.05) is 58.4 Å². The van der Waals surface area contributed by atoms with Crippen LogP contribution in [0.25, 0.3) is 0 Å². The van der Waals surface area contributed by atoms with Crippen molar-refractivity contribution in [2.24, 2.45) is 11.7 Å². The zero-order valence-electron chi connectivity index (χ0n) is 11.0. The van der Waals surface area contributed by atoms with Gasteiger partial charge in [-0.15, -0.1) is 0 Å². The van der Waals surface area contributed by atoms with E-state index in [0.717, 1.165) is 6.42 Å². The molecule has 1 aromatic carbocycles. The molecule has 0 bridgehead atoms. The smallest absolute Gasteiger partial charge is 0.0297 e. The van der Waals surface area contributed by atoms with Crippen LogP contribution in [0.4, 0.5) is 0 Å². The molecule has 1 aromatic rings. The van der Waals surface area contributed by atoms with E-state index in [9.17, 15) is 0 Å². The summed E-state index contributed by atoms with van der Waals surface area (Å²) in [5, 5.41) is 0. The molecule has 0 heterocycles. The Balaban J connectivity index is 2.66. The number of nitrogens with two attached hydrogens (primary N) is 1. The molecule has 1 nitrogen and oxygen atoms in total. The van der Waals surface area contributed by atoms with Gasteiger partial charge in [0.05, 0.1) is 0 Å². The van der Waals surface area contributed by atoms with E-state index in [2.05, 4.69) is 52.0 Å². The first-order chi connectivity index (χ1) is 7.54. The molecule has 0 saturated carbocycles. The number of hydrogen-bond acceptors (Lipinski definition) is 1. The Bertz CT molecular complexity index is 300. The standard InChI is InChI=1S/C15H25N/c1-5-12(4)10-15(16)14-8-6-13(7-9-14)11(2)3/h6-9,11-12,15H,5,10,16H2,1-4H3. The van der Waals surface area contributed by atoms with Crippen molar-refractivity contribution in [3.63, 3.8) is 0 Å². The van der Waals surface area contributed by atoms with Crippen molar-refractivity contribution in [3.8, 4) is 0 Å². The maximum Gasteiger partial charge on any atom is 0.0297 e. The first-order valence-corrected chi connectivity index (χ1v) is 6.40. The van der Waals surface area contributed by atoms with Crippen LogP contribution in [0, 0.1) is 5.92 Å². The van der Waals surface area contributed by atoms with Gasteiger partial charge < -0.3 is 5.73 Å². The van der Waals surface area contributed by atoms with E-state index in [1.807, 2.05) is 0 Å². The van der Waals surface area contributed by atoms with E-state index in [0.29, 0.717) is 11.8 Å². The Morgan fingerprint density at radius 3 is 1.94 bits per heavy atom. The molecule has 0 fully saturated rings. The Hall–Kier alpha value is -0.820. The number of benzene rings is 1. The van der Waals surface area contributed by atoms with E-state index in [1.54, 1.807) is 0 Å². The predicted octanol–water partition coefficient (Wildman–Crippen LogP) is 4.25. The van der Waals surface area contributed by atoms with Crippen molar-refractivity contribution in [2.75, 3.05) is 0 Å². The molecular weight excluding hydrogens is 194 g/mol. The minimum atomic E-state index is 0.191. The summed E-state index contributed by atoms with van der Waals surface area (Å²) in [5.74, 6) is 1.31. The third-order valence-corrected chi connectivity index (χ3v) is 3.38. The Morgan fingerprint density at radius 2 is 1.50 bits per heavy atom. The quantitative estimate of drug-likeness (QED) is 0.787. The molecule has 0 spiro atoms. The second-order valence-electron chi connectivity index (χ2n) is 5.18. The summed E-state index contributed by atoms with van der Waals surface area (Å²) < 4.78 is 0. The highest BCUT2D eigenvalue weighted by Gasteiger charge is 2.10. The lowest BCUT2D eigenvalue weighted by molar-refractivity contribution is 0.461. The fraction of sp³-hybridized carbons (Fsp3) is 0.600. The molecule has 0 radical (unpaired) electrons. The van der Waals surface area contributed by atoms with Crippen molar-refractivity contribution < 1.29 is 0 Å². The fourth-order valence-electron chi connectivity index (χ4n) is 1.86. The van der Waals surface area contributed by atoms with Crippen LogP contribution in [-0.4, -0.2) is 0 Å². The topological polar surface area (TPSA) is 26.0 Å². The third kappa shape index (κ3) is 3.64. The van der Waals surface area contributed by atoms with Crippen molar-refractivity contribution in [1.29, 1.82) is 0 Å². The van der Waals surface area contributed by atoms with Gasteiger partial charge in [0.15, 0.2) is 0 Å². The van der Waals surface area contributed by atoms with Crippen LogP contribution >= 0.6 is 0 Å². The molecule has 2 atom stereocenters. The lowest BCUT2D eigenvalue weighted by Gasteiger charge is -2.17. The van der Waals surface area contributed by atoms with E-state index < -0.39 is 0 Å². The third-order valence-electron chi connectivity index (χ3n) is 3.38. The van der Waals surface area contributed by atoms with Crippen LogP contribution in [0.5, 0.6) is 0 Å². The Labute approximate surface area is 100 Å². The molecule has 0 saturated heterocycles. The summed E-state index contributed by atoms with van der Waals surface area (Å²) in [7, 11) is 0. The lowest BCUT2D eigenvalue weighted by atomic mass is 9.93. The van der Waals surface area contributed by atoms with Gasteiger partial charge in [0, 0.05) is 6.04 Å². The minimum absolute atomic E-state index is 0.191. The van der Waals surface area contributed by atoms with Gasteiger partial charge in [-0.2, -0.15) is 0 Å². The monoisotopic (exact) mass is 219 g/mol. The molecule has 2 N–H and O–H groups in total. The second kappa shape index (κ2) is 6.05. The zero-order valence-corrected chi connectivity index (χ0v) is 11.0. The first kappa shape index (κ1) is 13.2. The van der Waals surface area contributed by atoms with Crippen molar-refractivity contribution >= 4 is 0 Å². The van der Waals surface area contributed by atoms with Crippen LogP contribution in [-0.2, 0) is 0 Å². The fourth-order valence-corrected chi connectivity index (χ4v) is 1.86. The predicted molar refractivity (Wildman–Crippen MR) is 71.5 cm³/mol. The molecule has 90 valence electrons. The average Bonchev–Trinajstić information content (AvgIpc) is 2.28. The highest BCUT2D eigenvalue weighted by Crippen LogP contribution is 2.22. The van der Waals surface area contributed by atoms with Gasteiger partial charge in [0.1, 0.15) is 0 Å². The molecule has 1 heteroatoms. The Morgan fingerprint density at radius 1 is 1.00 bits per heavy atom. The van der Waals surface area contributed by atoms with Gasteiger partial charge in [0.25, 0.3) is 0 Å². The SMILES string of the molecule is CCC(C)CC(N)c1ccc(C(C)C)cc1. The first-order valence-electron chi connectivity index (χ1n) is 6.40. The van der Waals surface area contributed by atoms with Crippen LogP contribution in [0.1, 0.15) is 63.6 Å². The van der Waals surface area contributed by atoms with Crippen LogP contribution in [0.15, 0.2) is 24.3 Å². The maximum absolute atomic E-state index is 6.20. The normalized spacial score (nSPS) is 15.1. The van der Waals surface area contributed by atoms with Crippen LogP contribution in [0.2, 0.25) is 0 Å². The summed E-state index contributed by atoms with van der Waals surface area (Å²) in [4.78, 5) is 0. The van der Waals surface area contributed by atoms with Crippen molar-refractivity contribution in [2.45, 2.75) is 52.5 Å². The van der Waals surface area contributed by atoms with Gasteiger partial charge >= 0.3 is 0 Å². The van der Waals surface area contributed by atoms with Gasteiger partial charge in [-0.25, -0.2) is 0 Å². The van der Waals surface area contributed by atoms with Gasteiger partial charge in [-0.3, -0.25) is 0 Å². The summed E-state index contributed by atoms with van der Waals surface area (Å²) in [5.41, 5.74) is 8.85. The molecule has 2 unspecified atom stereocenters. The molecule has 0 amide bonds. The number of rotatable bonds is 5. The van der Waals surface area contributed by atoms with Crippen molar-refractivity contribution in [3.05, 3.63) is 35.4 Å². The lowest BCUT2D eigenvalue weighted by Crippen LogP contribution is -2.13. The highest BCUT2D eigenvalue weighted by atomic mass is 14.6. The molecule has 0 aliphatic heterocycles. The van der Waals surface area contributed by atoms with E-state index in [-0.39, 0.29) is 6.04 Å². The molecule has 0 aliphatic carbocycles. The Kier molecular flexibility index (Phi) is 5.01. The second-order valence-corrected chi connectivity index (χ2v) is 5.18.